The Hall–Kier alpha value is -3.31. The molecule has 1 heterocycles. The summed E-state index contributed by atoms with van der Waals surface area (Å²) in [7, 11) is 1.58. The van der Waals surface area contributed by atoms with Gasteiger partial charge in [0, 0.05) is 21.8 Å². The van der Waals surface area contributed by atoms with Gasteiger partial charge in [0.15, 0.2) is 5.58 Å². The zero-order valence-electron chi connectivity index (χ0n) is 14.4. The van der Waals surface area contributed by atoms with Crippen molar-refractivity contribution in [1.82, 2.24) is 4.98 Å². The minimum atomic E-state index is -0.212. The Morgan fingerprint density at radius 1 is 1.07 bits per heavy atom. The van der Waals surface area contributed by atoms with E-state index in [1.165, 1.54) is 0 Å². The van der Waals surface area contributed by atoms with Crippen molar-refractivity contribution in [3.8, 4) is 17.2 Å². The molecule has 5 nitrogen and oxygen atoms in total. The molecule has 0 aliphatic rings. The molecular weight excluding hydrogens is 364 g/mol. The van der Waals surface area contributed by atoms with Gasteiger partial charge in [0.05, 0.1) is 7.11 Å². The van der Waals surface area contributed by atoms with E-state index in [0.29, 0.717) is 39.0 Å². The Bertz CT molecular complexity index is 1120. The summed E-state index contributed by atoms with van der Waals surface area (Å²) >= 11 is 6.03. The Morgan fingerprint density at radius 2 is 1.89 bits per heavy atom. The van der Waals surface area contributed by atoms with E-state index < -0.39 is 0 Å². The first-order chi connectivity index (χ1) is 13.1. The van der Waals surface area contributed by atoms with Crippen LogP contribution in [0.5, 0.6) is 5.75 Å². The summed E-state index contributed by atoms with van der Waals surface area (Å²) in [6, 6.07) is 19.5. The first kappa shape index (κ1) is 17.1. The molecule has 0 atom stereocenters. The quantitative estimate of drug-likeness (QED) is 0.515. The average Bonchev–Trinajstić information content (AvgIpc) is 3.11. The molecule has 4 rings (SSSR count). The van der Waals surface area contributed by atoms with E-state index in [0.717, 1.165) is 5.56 Å². The number of rotatable bonds is 4. The fourth-order valence-electron chi connectivity index (χ4n) is 2.70. The molecule has 0 aliphatic carbocycles. The van der Waals surface area contributed by atoms with Crippen LogP contribution >= 0.6 is 11.6 Å². The molecule has 1 amide bonds. The molecule has 0 saturated carbocycles. The molecule has 1 aromatic heterocycles. The number of oxazole rings is 1. The van der Waals surface area contributed by atoms with Crippen molar-refractivity contribution < 1.29 is 13.9 Å². The molecule has 0 saturated heterocycles. The van der Waals surface area contributed by atoms with E-state index in [1.54, 1.807) is 61.7 Å². The van der Waals surface area contributed by atoms with Crippen LogP contribution in [-0.2, 0) is 0 Å². The van der Waals surface area contributed by atoms with Gasteiger partial charge in [-0.2, -0.15) is 0 Å². The molecule has 0 spiro atoms. The van der Waals surface area contributed by atoms with Crippen molar-refractivity contribution in [3.63, 3.8) is 0 Å². The average molecular weight is 379 g/mol. The highest BCUT2D eigenvalue weighted by atomic mass is 35.5. The highest BCUT2D eigenvalue weighted by Crippen LogP contribution is 2.28. The molecule has 6 heteroatoms. The second-order valence-corrected chi connectivity index (χ2v) is 6.33. The van der Waals surface area contributed by atoms with Gasteiger partial charge < -0.3 is 14.5 Å². The van der Waals surface area contributed by atoms with Gasteiger partial charge in [-0.1, -0.05) is 17.7 Å². The van der Waals surface area contributed by atoms with Crippen molar-refractivity contribution >= 4 is 34.3 Å². The maximum atomic E-state index is 12.4. The summed E-state index contributed by atoms with van der Waals surface area (Å²) in [4.78, 5) is 16.9. The summed E-state index contributed by atoms with van der Waals surface area (Å²) in [6.45, 7) is 0. The van der Waals surface area contributed by atoms with Crippen LogP contribution in [0.2, 0.25) is 5.02 Å². The Labute approximate surface area is 160 Å². The van der Waals surface area contributed by atoms with Gasteiger partial charge in [0.1, 0.15) is 11.3 Å². The third-order valence-electron chi connectivity index (χ3n) is 4.07. The number of benzene rings is 3. The van der Waals surface area contributed by atoms with E-state index >= 15 is 0 Å². The molecule has 0 unspecified atom stereocenters. The van der Waals surface area contributed by atoms with E-state index in [9.17, 15) is 4.79 Å². The van der Waals surface area contributed by atoms with Gasteiger partial charge in [-0.25, -0.2) is 4.98 Å². The Kier molecular flexibility index (Phi) is 4.52. The predicted octanol–water partition coefficient (Wildman–Crippen LogP) is 5.41. The lowest BCUT2D eigenvalue weighted by Crippen LogP contribution is -2.11. The summed E-state index contributed by atoms with van der Waals surface area (Å²) < 4.78 is 10.9. The van der Waals surface area contributed by atoms with Crippen molar-refractivity contribution in [2.75, 3.05) is 12.4 Å². The number of halogens is 1. The molecule has 3 aromatic carbocycles. The number of carbonyl (C=O) groups excluding carboxylic acids is 1. The van der Waals surface area contributed by atoms with E-state index in [1.807, 2.05) is 12.1 Å². The zero-order valence-corrected chi connectivity index (χ0v) is 15.2. The smallest absolute Gasteiger partial charge is 0.255 e. The summed E-state index contributed by atoms with van der Waals surface area (Å²) in [5.74, 6) is 0.964. The van der Waals surface area contributed by atoms with Crippen LogP contribution in [0.1, 0.15) is 10.4 Å². The molecule has 0 bridgehead atoms. The number of methoxy groups -OCH3 is 1. The van der Waals surface area contributed by atoms with Gasteiger partial charge in [-0.3, -0.25) is 4.79 Å². The van der Waals surface area contributed by atoms with Gasteiger partial charge in [-0.05, 0) is 60.7 Å². The van der Waals surface area contributed by atoms with Crippen molar-refractivity contribution in [2.24, 2.45) is 0 Å². The lowest BCUT2D eigenvalue weighted by Gasteiger charge is -2.06. The number of hydrogen-bond donors (Lipinski definition) is 1. The molecule has 1 N–H and O–H groups in total. The first-order valence-electron chi connectivity index (χ1n) is 8.24. The molecule has 4 aromatic rings. The number of anilines is 1. The summed E-state index contributed by atoms with van der Waals surface area (Å²) in [5, 5.41) is 3.48. The van der Waals surface area contributed by atoms with Gasteiger partial charge >= 0.3 is 0 Å². The highest BCUT2D eigenvalue weighted by Gasteiger charge is 2.11. The largest absolute Gasteiger partial charge is 0.497 e. The SMILES string of the molecule is COc1ccc(C(=O)Nc2ccc3oc(-c4cccc(Cl)c4)nc3c2)cc1. The van der Waals surface area contributed by atoms with E-state index in [4.69, 9.17) is 20.8 Å². The molecule has 0 aliphatic heterocycles. The third kappa shape index (κ3) is 3.64. The number of carbonyl (C=O) groups is 1. The van der Waals surface area contributed by atoms with Crippen molar-refractivity contribution in [2.45, 2.75) is 0 Å². The van der Waals surface area contributed by atoms with Crippen LogP contribution in [0.4, 0.5) is 5.69 Å². The van der Waals surface area contributed by atoms with Crippen LogP contribution in [0, 0.1) is 0 Å². The zero-order chi connectivity index (χ0) is 18.8. The second kappa shape index (κ2) is 7.13. The Balaban J connectivity index is 1.58. The molecule has 27 heavy (non-hydrogen) atoms. The van der Waals surface area contributed by atoms with Crippen LogP contribution in [0.15, 0.2) is 71.1 Å². The molecule has 134 valence electrons. The van der Waals surface area contributed by atoms with Crippen LogP contribution < -0.4 is 10.1 Å². The number of hydrogen-bond acceptors (Lipinski definition) is 4. The minimum Gasteiger partial charge on any atom is -0.497 e. The summed E-state index contributed by atoms with van der Waals surface area (Å²) in [6.07, 6.45) is 0. The normalized spacial score (nSPS) is 10.7. The lowest BCUT2D eigenvalue weighted by atomic mass is 10.2. The molecular formula is C21H15ClN2O3. The monoisotopic (exact) mass is 378 g/mol. The standard InChI is InChI=1S/C21H15ClN2O3/c1-26-17-8-5-13(6-9-17)20(25)23-16-7-10-19-18(12-16)24-21(27-19)14-3-2-4-15(22)11-14/h2-12H,1H3,(H,23,25). The van der Waals surface area contributed by atoms with Crippen molar-refractivity contribution in [3.05, 3.63) is 77.3 Å². The number of aromatic nitrogens is 1. The highest BCUT2D eigenvalue weighted by molar-refractivity contribution is 6.30. The van der Waals surface area contributed by atoms with Gasteiger partial charge in [0.25, 0.3) is 5.91 Å². The topological polar surface area (TPSA) is 64.4 Å². The minimum absolute atomic E-state index is 0.212. The fourth-order valence-corrected chi connectivity index (χ4v) is 2.89. The van der Waals surface area contributed by atoms with Crippen molar-refractivity contribution in [1.29, 1.82) is 0 Å². The lowest BCUT2D eigenvalue weighted by molar-refractivity contribution is 0.102. The number of amides is 1. The fraction of sp³-hybridized carbons (Fsp3) is 0.0476. The van der Waals surface area contributed by atoms with E-state index in [-0.39, 0.29) is 5.91 Å². The van der Waals surface area contributed by atoms with Crippen LogP contribution in [0.25, 0.3) is 22.6 Å². The van der Waals surface area contributed by atoms with Crippen LogP contribution in [0.3, 0.4) is 0 Å². The maximum Gasteiger partial charge on any atom is 0.255 e. The van der Waals surface area contributed by atoms with Gasteiger partial charge in [0.2, 0.25) is 5.89 Å². The number of fused-ring (bicyclic) bond motifs is 1. The second-order valence-electron chi connectivity index (χ2n) is 5.89. The predicted molar refractivity (Wildman–Crippen MR) is 105 cm³/mol. The molecule has 0 fully saturated rings. The molecule has 0 radical (unpaired) electrons. The number of nitrogens with one attached hydrogen (secondary N) is 1. The third-order valence-corrected chi connectivity index (χ3v) is 4.30. The van der Waals surface area contributed by atoms with Gasteiger partial charge in [-0.15, -0.1) is 0 Å². The summed E-state index contributed by atoms with van der Waals surface area (Å²) in [5.41, 5.74) is 3.25. The van der Waals surface area contributed by atoms with Crippen LogP contribution in [-0.4, -0.2) is 18.0 Å². The number of nitrogens with zero attached hydrogens (tertiary/aromatic N) is 1. The van der Waals surface area contributed by atoms with E-state index in [2.05, 4.69) is 10.3 Å². The Morgan fingerprint density at radius 3 is 2.63 bits per heavy atom. The first-order valence-corrected chi connectivity index (χ1v) is 8.62. The maximum absolute atomic E-state index is 12.4. The number of ether oxygens (including phenoxy) is 1.